The number of rotatable bonds is 4. The maximum absolute atomic E-state index is 6.07. The highest BCUT2D eigenvalue weighted by molar-refractivity contribution is 6.31. The Morgan fingerprint density at radius 2 is 1.64 bits per heavy atom. The van der Waals surface area contributed by atoms with Crippen LogP contribution in [0.25, 0.3) is 17.3 Å². The van der Waals surface area contributed by atoms with Crippen molar-refractivity contribution in [2.75, 3.05) is 0 Å². The summed E-state index contributed by atoms with van der Waals surface area (Å²) >= 11 is 6.07. The van der Waals surface area contributed by atoms with Crippen LogP contribution in [-0.4, -0.2) is 11.2 Å². The minimum absolute atomic E-state index is 0.238. The number of halogens is 1. The molecule has 0 aliphatic heterocycles. The molecule has 22 heavy (non-hydrogen) atoms. The van der Waals surface area contributed by atoms with Crippen molar-refractivity contribution in [3.05, 3.63) is 77.5 Å². The Hall–Kier alpha value is -2.65. The van der Waals surface area contributed by atoms with Gasteiger partial charge in [0.2, 0.25) is 5.22 Å². The minimum atomic E-state index is 0.238. The summed E-state index contributed by atoms with van der Waals surface area (Å²) in [6, 6.07) is 19.8. The van der Waals surface area contributed by atoms with Crippen LogP contribution in [0.5, 0.6) is 0 Å². The van der Waals surface area contributed by atoms with Gasteiger partial charge in [0.25, 0.3) is 0 Å². The van der Waals surface area contributed by atoms with E-state index in [-0.39, 0.29) is 11.2 Å². The van der Waals surface area contributed by atoms with Crippen LogP contribution < -0.4 is 0 Å². The topological polar surface area (TPSA) is 38.4 Å². The molecule has 0 saturated carbocycles. The lowest BCUT2D eigenvalue weighted by Crippen LogP contribution is -1.76. The molecular formula is C18H13ClN2O. The molecule has 3 nitrogen and oxygen atoms in total. The van der Waals surface area contributed by atoms with Gasteiger partial charge in [-0.2, -0.15) is 4.98 Å². The average Bonchev–Trinajstić information content (AvgIpc) is 2.94. The molecule has 0 saturated heterocycles. The first-order chi connectivity index (χ1) is 10.8. The summed E-state index contributed by atoms with van der Waals surface area (Å²) in [5.41, 5.74) is 2.60. The van der Waals surface area contributed by atoms with Crippen LogP contribution in [0.15, 0.2) is 76.1 Å². The summed E-state index contributed by atoms with van der Waals surface area (Å²) in [7, 11) is 0. The van der Waals surface area contributed by atoms with Crippen LogP contribution in [0.3, 0.4) is 0 Å². The maximum atomic E-state index is 6.07. The second-order valence-electron chi connectivity index (χ2n) is 4.53. The molecule has 4 heteroatoms. The quantitative estimate of drug-likeness (QED) is 0.604. The zero-order valence-corrected chi connectivity index (χ0v) is 12.4. The number of oxazole rings is 1. The predicted molar refractivity (Wildman–Crippen MR) is 90.6 cm³/mol. The van der Waals surface area contributed by atoms with Gasteiger partial charge in [-0.25, -0.2) is 4.99 Å². The first kappa shape index (κ1) is 14.3. The predicted octanol–water partition coefficient (Wildman–Crippen LogP) is 5.41. The van der Waals surface area contributed by atoms with Crippen LogP contribution in [0.2, 0.25) is 5.22 Å². The van der Waals surface area contributed by atoms with Gasteiger partial charge in [-0.05, 0) is 23.2 Å². The standard InChI is InChI=1S/C18H13ClN2O/c19-17-16(15-11-5-2-6-12-15)21-18(22-17)20-13-7-10-14-8-3-1-4-9-14/h1-13H/b10-7+,20-13+. The van der Waals surface area contributed by atoms with E-state index in [0.29, 0.717) is 5.69 Å². The van der Waals surface area contributed by atoms with E-state index in [4.69, 9.17) is 16.0 Å². The van der Waals surface area contributed by atoms with Gasteiger partial charge in [0.1, 0.15) is 5.69 Å². The SMILES string of the molecule is Clc1oc(/N=C/C=C/c2ccccc2)nc1-c1ccccc1. The van der Waals surface area contributed by atoms with Crippen molar-refractivity contribution in [3.8, 4) is 11.3 Å². The highest BCUT2D eigenvalue weighted by Gasteiger charge is 2.11. The second-order valence-corrected chi connectivity index (χ2v) is 4.88. The van der Waals surface area contributed by atoms with Gasteiger partial charge < -0.3 is 4.42 Å². The molecule has 0 unspecified atom stereocenters. The van der Waals surface area contributed by atoms with Gasteiger partial charge in [-0.3, -0.25) is 0 Å². The van der Waals surface area contributed by atoms with Crippen LogP contribution in [0.1, 0.15) is 5.56 Å². The lowest BCUT2D eigenvalue weighted by molar-refractivity contribution is 0.572. The highest BCUT2D eigenvalue weighted by Crippen LogP contribution is 2.30. The van der Waals surface area contributed by atoms with E-state index in [0.717, 1.165) is 11.1 Å². The van der Waals surface area contributed by atoms with Crippen LogP contribution in [0, 0.1) is 0 Å². The lowest BCUT2D eigenvalue weighted by Gasteiger charge is -1.93. The number of allylic oxidation sites excluding steroid dienone is 1. The van der Waals surface area contributed by atoms with E-state index < -0.39 is 0 Å². The molecule has 0 spiro atoms. The van der Waals surface area contributed by atoms with Crippen molar-refractivity contribution < 1.29 is 4.42 Å². The molecule has 0 atom stereocenters. The van der Waals surface area contributed by atoms with E-state index in [1.165, 1.54) is 0 Å². The molecule has 0 N–H and O–H groups in total. The summed E-state index contributed by atoms with van der Waals surface area (Å²) in [5.74, 6) is 0. The molecule has 0 aliphatic rings. The molecule has 0 fully saturated rings. The van der Waals surface area contributed by atoms with E-state index in [1.807, 2.05) is 72.8 Å². The van der Waals surface area contributed by atoms with E-state index in [9.17, 15) is 0 Å². The van der Waals surface area contributed by atoms with Crippen LogP contribution in [-0.2, 0) is 0 Å². The van der Waals surface area contributed by atoms with Gasteiger partial charge in [0.05, 0.1) is 0 Å². The van der Waals surface area contributed by atoms with Gasteiger partial charge in [-0.1, -0.05) is 66.7 Å². The van der Waals surface area contributed by atoms with Gasteiger partial charge in [-0.15, -0.1) is 0 Å². The molecule has 1 heterocycles. The van der Waals surface area contributed by atoms with Crippen molar-refractivity contribution in [3.63, 3.8) is 0 Å². The van der Waals surface area contributed by atoms with Crippen LogP contribution >= 0.6 is 11.6 Å². The number of aliphatic imine (C=N–C) groups is 1. The fraction of sp³-hybridized carbons (Fsp3) is 0. The zero-order valence-electron chi connectivity index (χ0n) is 11.7. The van der Waals surface area contributed by atoms with E-state index in [1.54, 1.807) is 6.21 Å². The highest BCUT2D eigenvalue weighted by atomic mass is 35.5. The Morgan fingerprint density at radius 3 is 2.36 bits per heavy atom. The Kier molecular flexibility index (Phi) is 4.47. The number of benzene rings is 2. The molecule has 2 aromatic carbocycles. The Morgan fingerprint density at radius 1 is 0.955 bits per heavy atom. The molecule has 0 amide bonds. The fourth-order valence-electron chi connectivity index (χ4n) is 1.95. The summed E-state index contributed by atoms with van der Waals surface area (Å²) in [4.78, 5) is 8.45. The Labute approximate surface area is 133 Å². The molecule has 0 radical (unpaired) electrons. The summed E-state index contributed by atoms with van der Waals surface area (Å²) in [6.07, 6.45) is 5.41. The summed E-state index contributed by atoms with van der Waals surface area (Å²) in [6.45, 7) is 0. The van der Waals surface area contributed by atoms with Gasteiger partial charge in [0.15, 0.2) is 0 Å². The molecule has 3 rings (SSSR count). The van der Waals surface area contributed by atoms with E-state index >= 15 is 0 Å². The van der Waals surface area contributed by atoms with Crippen molar-refractivity contribution >= 4 is 29.9 Å². The third-order valence-electron chi connectivity index (χ3n) is 2.98. The first-order valence-corrected chi connectivity index (χ1v) is 7.18. The molecule has 108 valence electrons. The van der Waals surface area contributed by atoms with Crippen molar-refractivity contribution in [2.45, 2.75) is 0 Å². The number of nitrogens with zero attached hydrogens (tertiary/aromatic N) is 2. The molecule has 0 aliphatic carbocycles. The van der Waals surface area contributed by atoms with E-state index in [2.05, 4.69) is 9.98 Å². The maximum Gasteiger partial charge on any atom is 0.323 e. The van der Waals surface area contributed by atoms with Gasteiger partial charge in [0, 0.05) is 11.8 Å². The third kappa shape index (κ3) is 3.51. The Balaban J connectivity index is 1.74. The lowest BCUT2D eigenvalue weighted by atomic mass is 10.2. The zero-order chi connectivity index (χ0) is 15.2. The molecule has 1 aromatic heterocycles. The van der Waals surface area contributed by atoms with Crippen molar-refractivity contribution in [1.29, 1.82) is 0 Å². The first-order valence-electron chi connectivity index (χ1n) is 6.80. The smallest absolute Gasteiger partial charge is 0.323 e. The average molecular weight is 309 g/mol. The summed E-state index contributed by atoms with van der Waals surface area (Å²) in [5, 5.41) is 0.241. The molecule has 0 bridgehead atoms. The number of aromatic nitrogens is 1. The monoisotopic (exact) mass is 308 g/mol. The van der Waals surface area contributed by atoms with Crippen molar-refractivity contribution in [2.24, 2.45) is 4.99 Å². The number of hydrogen-bond donors (Lipinski definition) is 0. The molecule has 3 aromatic rings. The second kappa shape index (κ2) is 6.87. The van der Waals surface area contributed by atoms with Crippen molar-refractivity contribution in [1.82, 2.24) is 4.98 Å². The van der Waals surface area contributed by atoms with Crippen LogP contribution in [0.4, 0.5) is 6.01 Å². The third-order valence-corrected chi connectivity index (χ3v) is 3.24. The number of hydrogen-bond acceptors (Lipinski definition) is 3. The minimum Gasteiger partial charge on any atom is -0.409 e. The molecular weight excluding hydrogens is 296 g/mol. The van der Waals surface area contributed by atoms with Gasteiger partial charge >= 0.3 is 6.01 Å². The Bertz CT molecular complexity index is 792. The largest absolute Gasteiger partial charge is 0.409 e. The fourth-order valence-corrected chi connectivity index (χ4v) is 2.17. The normalized spacial score (nSPS) is 11.5. The summed E-state index contributed by atoms with van der Waals surface area (Å²) < 4.78 is 5.34.